The number of anilines is 1. The molecule has 0 radical (unpaired) electrons. The molecule has 0 saturated heterocycles. The second-order valence-electron chi connectivity index (χ2n) is 4.45. The highest BCUT2D eigenvalue weighted by Crippen LogP contribution is 2.15. The van der Waals surface area contributed by atoms with Gasteiger partial charge in [0.1, 0.15) is 12.0 Å². The van der Waals surface area contributed by atoms with E-state index < -0.39 is 4.92 Å². The molecule has 1 heterocycles. The van der Waals surface area contributed by atoms with Crippen LogP contribution in [0, 0.1) is 16.0 Å². The van der Waals surface area contributed by atoms with Crippen LogP contribution in [0.15, 0.2) is 18.3 Å². The van der Waals surface area contributed by atoms with Crippen molar-refractivity contribution in [3.05, 3.63) is 28.4 Å². The van der Waals surface area contributed by atoms with Crippen molar-refractivity contribution in [1.82, 2.24) is 4.98 Å². The van der Waals surface area contributed by atoms with Crippen molar-refractivity contribution in [3.63, 3.8) is 0 Å². The summed E-state index contributed by atoms with van der Waals surface area (Å²) in [5.74, 6) is 1.35. The van der Waals surface area contributed by atoms with Crippen LogP contribution in [0.5, 0.6) is 0 Å². The Morgan fingerprint density at radius 2 is 2.18 bits per heavy atom. The van der Waals surface area contributed by atoms with Crippen LogP contribution in [0.1, 0.15) is 33.6 Å². The normalized spacial score (nSPS) is 14.1. The summed E-state index contributed by atoms with van der Waals surface area (Å²) in [4.78, 5) is 14.0. The maximum atomic E-state index is 10.5. The van der Waals surface area contributed by atoms with Gasteiger partial charge in [0.15, 0.2) is 0 Å². The summed E-state index contributed by atoms with van der Waals surface area (Å²) in [5, 5.41) is 13.7. The van der Waals surface area contributed by atoms with Gasteiger partial charge in [0, 0.05) is 12.1 Å². The van der Waals surface area contributed by atoms with Crippen LogP contribution in [-0.4, -0.2) is 15.9 Å². The third kappa shape index (κ3) is 4.38. The minimum atomic E-state index is -0.445. The van der Waals surface area contributed by atoms with Crippen molar-refractivity contribution >= 4 is 11.5 Å². The zero-order valence-corrected chi connectivity index (χ0v) is 10.5. The fraction of sp³-hybridized carbons (Fsp3) is 0.583. The minimum absolute atomic E-state index is 0.0186. The topological polar surface area (TPSA) is 68.1 Å². The first-order valence-corrected chi connectivity index (χ1v) is 5.90. The smallest absolute Gasteiger partial charge is 0.287 e. The van der Waals surface area contributed by atoms with E-state index in [2.05, 4.69) is 31.1 Å². The van der Waals surface area contributed by atoms with Gasteiger partial charge in [-0.1, -0.05) is 20.3 Å². The monoisotopic (exact) mass is 237 g/mol. The summed E-state index contributed by atoms with van der Waals surface area (Å²) in [7, 11) is 0. The van der Waals surface area contributed by atoms with E-state index in [4.69, 9.17) is 0 Å². The molecule has 0 aliphatic heterocycles. The van der Waals surface area contributed by atoms with Gasteiger partial charge in [-0.3, -0.25) is 10.1 Å². The Bertz CT molecular complexity index is 365. The van der Waals surface area contributed by atoms with Crippen molar-refractivity contribution in [2.24, 2.45) is 5.92 Å². The number of aromatic nitrogens is 1. The highest BCUT2D eigenvalue weighted by Gasteiger charge is 2.09. The van der Waals surface area contributed by atoms with Crippen molar-refractivity contribution < 1.29 is 4.92 Å². The Kier molecular flexibility index (Phi) is 4.87. The average Bonchev–Trinajstić information content (AvgIpc) is 2.29. The highest BCUT2D eigenvalue weighted by molar-refractivity contribution is 5.40. The Hall–Kier alpha value is -1.65. The molecule has 1 rings (SSSR count). The van der Waals surface area contributed by atoms with Crippen LogP contribution < -0.4 is 5.32 Å². The van der Waals surface area contributed by atoms with Crippen LogP contribution >= 0.6 is 0 Å². The second kappa shape index (κ2) is 6.18. The van der Waals surface area contributed by atoms with Gasteiger partial charge in [-0.2, -0.15) is 0 Å². The van der Waals surface area contributed by atoms with Gasteiger partial charge in [0.25, 0.3) is 5.69 Å². The van der Waals surface area contributed by atoms with Crippen molar-refractivity contribution in [3.8, 4) is 0 Å². The van der Waals surface area contributed by atoms with Gasteiger partial charge >= 0.3 is 0 Å². The standard InChI is InChI=1S/C12H19N3O2/c1-4-9(2)7-10(3)14-12-6-5-11(8-13-12)15(16)17/h5-6,8-10H,4,7H2,1-3H3,(H,13,14). The van der Waals surface area contributed by atoms with Crippen LogP contribution in [0.4, 0.5) is 11.5 Å². The Labute approximate surface area is 101 Å². The van der Waals surface area contributed by atoms with Gasteiger partial charge in [-0.25, -0.2) is 4.98 Å². The number of nitro groups is 1. The lowest BCUT2D eigenvalue weighted by Gasteiger charge is -2.17. The third-order valence-corrected chi connectivity index (χ3v) is 2.81. The van der Waals surface area contributed by atoms with Crippen LogP contribution in [0.25, 0.3) is 0 Å². The van der Waals surface area contributed by atoms with E-state index in [1.54, 1.807) is 6.07 Å². The lowest BCUT2D eigenvalue weighted by Crippen LogP contribution is -2.18. The summed E-state index contributed by atoms with van der Waals surface area (Å²) >= 11 is 0. The van der Waals surface area contributed by atoms with Crippen LogP contribution in [0.2, 0.25) is 0 Å². The molecule has 0 aromatic carbocycles. The quantitative estimate of drug-likeness (QED) is 0.609. The summed E-state index contributed by atoms with van der Waals surface area (Å²) in [6.07, 6.45) is 3.49. The molecule has 0 aliphatic rings. The number of pyridine rings is 1. The molecular formula is C12H19N3O2. The lowest BCUT2D eigenvalue weighted by molar-refractivity contribution is -0.385. The Morgan fingerprint density at radius 1 is 1.47 bits per heavy atom. The molecule has 94 valence electrons. The molecule has 1 aromatic heterocycles. The first kappa shape index (κ1) is 13.4. The molecular weight excluding hydrogens is 218 g/mol. The predicted molar refractivity (Wildman–Crippen MR) is 68.0 cm³/mol. The zero-order chi connectivity index (χ0) is 12.8. The van der Waals surface area contributed by atoms with E-state index in [1.807, 2.05) is 0 Å². The fourth-order valence-electron chi connectivity index (χ4n) is 1.66. The zero-order valence-electron chi connectivity index (χ0n) is 10.5. The highest BCUT2D eigenvalue weighted by atomic mass is 16.6. The molecule has 17 heavy (non-hydrogen) atoms. The second-order valence-corrected chi connectivity index (χ2v) is 4.45. The molecule has 5 heteroatoms. The molecule has 1 aromatic rings. The molecule has 1 N–H and O–H groups in total. The summed E-state index contributed by atoms with van der Waals surface area (Å²) in [6, 6.07) is 3.43. The van der Waals surface area contributed by atoms with E-state index in [9.17, 15) is 10.1 Å². The molecule has 0 bridgehead atoms. The summed E-state index contributed by atoms with van der Waals surface area (Å²) in [5.41, 5.74) is 0.0186. The molecule has 0 fully saturated rings. The van der Waals surface area contributed by atoms with Gasteiger partial charge in [0.2, 0.25) is 0 Å². The number of nitrogens with zero attached hydrogens (tertiary/aromatic N) is 2. The van der Waals surface area contributed by atoms with Crippen molar-refractivity contribution in [1.29, 1.82) is 0 Å². The number of hydrogen-bond acceptors (Lipinski definition) is 4. The van der Waals surface area contributed by atoms with E-state index in [0.29, 0.717) is 17.8 Å². The van der Waals surface area contributed by atoms with Gasteiger partial charge < -0.3 is 5.32 Å². The minimum Gasteiger partial charge on any atom is -0.368 e. The maximum Gasteiger partial charge on any atom is 0.287 e. The van der Waals surface area contributed by atoms with Crippen LogP contribution in [-0.2, 0) is 0 Å². The van der Waals surface area contributed by atoms with Gasteiger partial charge in [-0.05, 0) is 25.3 Å². The molecule has 0 amide bonds. The summed E-state index contributed by atoms with van der Waals surface area (Å²) in [6.45, 7) is 6.47. The van der Waals surface area contributed by atoms with E-state index >= 15 is 0 Å². The first-order valence-electron chi connectivity index (χ1n) is 5.90. The molecule has 0 spiro atoms. The molecule has 2 atom stereocenters. The molecule has 5 nitrogen and oxygen atoms in total. The van der Waals surface area contributed by atoms with Crippen molar-refractivity contribution in [2.45, 2.75) is 39.7 Å². The summed E-state index contributed by atoms with van der Waals surface area (Å²) < 4.78 is 0. The molecule has 0 aliphatic carbocycles. The van der Waals surface area contributed by atoms with E-state index in [-0.39, 0.29) is 5.69 Å². The number of nitrogens with one attached hydrogen (secondary N) is 1. The molecule has 0 saturated carbocycles. The SMILES string of the molecule is CCC(C)CC(C)Nc1ccc([N+](=O)[O-])cn1. The number of hydrogen-bond donors (Lipinski definition) is 1. The molecule has 2 unspecified atom stereocenters. The number of rotatable bonds is 6. The first-order chi connectivity index (χ1) is 8.02. The Morgan fingerprint density at radius 3 is 2.65 bits per heavy atom. The Balaban J connectivity index is 2.54. The van der Waals surface area contributed by atoms with Crippen LogP contribution in [0.3, 0.4) is 0 Å². The third-order valence-electron chi connectivity index (χ3n) is 2.81. The van der Waals surface area contributed by atoms with E-state index in [0.717, 1.165) is 12.8 Å². The van der Waals surface area contributed by atoms with E-state index in [1.165, 1.54) is 12.3 Å². The van der Waals surface area contributed by atoms with Gasteiger partial charge in [-0.15, -0.1) is 0 Å². The van der Waals surface area contributed by atoms with Gasteiger partial charge in [0.05, 0.1) is 4.92 Å². The fourth-order valence-corrected chi connectivity index (χ4v) is 1.66. The lowest BCUT2D eigenvalue weighted by atomic mass is 10.0. The predicted octanol–water partition coefficient (Wildman–Crippen LogP) is 3.23. The average molecular weight is 237 g/mol. The largest absolute Gasteiger partial charge is 0.368 e. The van der Waals surface area contributed by atoms with Crippen molar-refractivity contribution in [2.75, 3.05) is 5.32 Å². The maximum absolute atomic E-state index is 10.5.